The van der Waals surface area contributed by atoms with Crippen molar-refractivity contribution in [3.63, 3.8) is 0 Å². The van der Waals surface area contributed by atoms with Crippen molar-refractivity contribution in [1.82, 2.24) is 4.57 Å². The fraction of sp³-hybridized carbons (Fsp3) is 0.227. The third kappa shape index (κ3) is 4.55. The summed E-state index contributed by atoms with van der Waals surface area (Å²) >= 11 is 0. The van der Waals surface area contributed by atoms with Gasteiger partial charge in [-0.3, -0.25) is 4.79 Å². The molecule has 0 fully saturated rings. The van der Waals surface area contributed by atoms with Gasteiger partial charge in [-0.25, -0.2) is 4.79 Å². The number of aromatic nitrogens is 1. The zero-order chi connectivity index (χ0) is 20.8. The van der Waals surface area contributed by atoms with E-state index in [1.807, 2.05) is 16.7 Å². The highest BCUT2D eigenvalue weighted by Gasteiger charge is 2.12. The SMILES string of the molecule is CCOC(=O)c1ccc(-n2cc(C#N)c3ccc(OCCOC(C)=O)cc32)cc1. The number of nitriles is 1. The first-order valence-corrected chi connectivity index (χ1v) is 9.12. The lowest BCUT2D eigenvalue weighted by atomic mass is 10.2. The second-order valence-corrected chi connectivity index (χ2v) is 6.16. The zero-order valence-corrected chi connectivity index (χ0v) is 16.2. The lowest BCUT2D eigenvalue weighted by molar-refractivity contribution is -0.141. The summed E-state index contributed by atoms with van der Waals surface area (Å²) in [4.78, 5) is 22.7. The van der Waals surface area contributed by atoms with E-state index in [-0.39, 0.29) is 25.2 Å². The molecule has 29 heavy (non-hydrogen) atoms. The van der Waals surface area contributed by atoms with E-state index < -0.39 is 0 Å². The number of fused-ring (bicyclic) bond motifs is 1. The fourth-order valence-electron chi connectivity index (χ4n) is 2.92. The summed E-state index contributed by atoms with van der Waals surface area (Å²) in [5.41, 5.74) is 2.57. The van der Waals surface area contributed by atoms with Crippen LogP contribution in [0.1, 0.15) is 29.8 Å². The van der Waals surface area contributed by atoms with Crippen molar-refractivity contribution in [3.05, 3.63) is 59.8 Å². The highest BCUT2D eigenvalue weighted by Crippen LogP contribution is 2.28. The molecule has 0 atom stereocenters. The van der Waals surface area contributed by atoms with E-state index >= 15 is 0 Å². The Morgan fingerprint density at radius 2 is 1.83 bits per heavy atom. The average Bonchev–Trinajstić information content (AvgIpc) is 3.09. The molecule has 0 N–H and O–H groups in total. The molecule has 7 heteroatoms. The third-order valence-electron chi connectivity index (χ3n) is 4.21. The normalized spacial score (nSPS) is 10.4. The van der Waals surface area contributed by atoms with Gasteiger partial charge in [0.05, 0.1) is 23.3 Å². The van der Waals surface area contributed by atoms with E-state index in [1.165, 1.54) is 6.92 Å². The Balaban J connectivity index is 1.90. The molecule has 0 radical (unpaired) electrons. The van der Waals surface area contributed by atoms with Crippen molar-refractivity contribution >= 4 is 22.8 Å². The lowest BCUT2D eigenvalue weighted by Crippen LogP contribution is -2.09. The largest absolute Gasteiger partial charge is 0.490 e. The average molecular weight is 392 g/mol. The molecule has 3 rings (SSSR count). The van der Waals surface area contributed by atoms with E-state index in [9.17, 15) is 14.9 Å². The summed E-state index contributed by atoms with van der Waals surface area (Å²) in [5.74, 6) is -0.142. The van der Waals surface area contributed by atoms with Gasteiger partial charge in [-0.05, 0) is 43.3 Å². The van der Waals surface area contributed by atoms with Crippen LogP contribution in [0.15, 0.2) is 48.7 Å². The lowest BCUT2D eigenvalue weighted by Gasteiger charge is -2.09. The van der Waals surface area contributed by atoms with Gasteiger partial charge in [-0.2, -0.15) is 5.26 Å². The second-order valence-electron chi connectivity index (χ2n) is 6.16. The molecule has 0 saturated carbocycles. The maximum atomic E-state index is 11.8. The topological polar surface area (TPSA) is 90.6 Å². The minimum atomic E-state index is -0.377. The molecule has 0 bridgehead atoms. The predicted octanol–water partition coefficient (Wildman–Crippen LogP) is 3.62. The summed E-state index contributed by atoms with van der Waals surface area (Å²) in [6, 6.07) is 14.6. The van der Waals surface area contributed by atoms with Gasteiger partial charge < -0.3 is 18.8 Å². The number of hydrogen-bond acceptors (Lipinski definition) is 6. The molecule has 7 nitrogen and oxygen atoms in total. The molecular weight excluding hydrogens is 372 g/mol. The first-order chi connectivity index (χ1) is 14.0. The fourth-order valence-corrected chi connectivity index (χ4v) is 2.92. The molecule has 0 saturated heterocycles. The van der Waals surface area contributed by atoms with E-state index in [2.05, 4.69) is 6.07 Å². The number of rotatable bonds is 7. The van der Waals surface area contributed by atoms with E-state index in [4.69, 9.17) is 14.2 Å². The van der Waals surface area contributed by atoms with Crippen LogP contribution < -0.4 is 4.74 Å². The number of hydrogen-bond donors (Lipinski definition) is 0. The van der Waals surface area contributed by atoms with E-state index in [0.29, 0.717) is 23.5 Å². The van der Waals surface area contributed by atoms with Crippen LogP contribution in [0.2, 0.25) is 0 Å². The molecule has 0 aliphatic carbocycles. The molecular formula is C22H20N2O5. The molecule has 0 aliphatic rings. The van der Waals surface area contributed by atoms with Gasteiger partial charge in [-0.15, -0.1) is 0 Å². The number of carbonyl (C=O) groups is 2. The summed E-state index contributed by atoms with van der Waals surface area (Å²) in [7, 11) is 0. The van der Waals surface area contributed by atoms with Crippen LogP contribution in [0.5, 0.6) is 5.75 Å². The Morgan fingerprint density at radius 1 is 1.07 bits per heavy atom. The van der Waals surface area contributed by atoms with Crippen molar-refractivity contribution < 1.29 is 23.8 Å². The monoisotopic (exact) mass is 392 g/mol. The van der Waals surface area contributed by atoms with Crippen molar-refractivity contribution in [2.24, 2.45) is 0 Å². The van der Waals surface area contributed by atoms with Crippen LogP contribution in [0.25, 0.3) is 16.6 Å². The minimum absolute atomic E-state index is 0.160. The van der Waals surface area contributed by atoms with Crippen molar-refractivity contribution in [3.8, 4) is 17.5 Å². The van der Waals surface area contributed by atoms with Gasteiger partial charge in [0.25, 0.3) is 0 Å². The number of ether oxygens (including phenoxy) is 3. The maximum absolute atomic E-state index is 11.8. The molecule has 1 aromatic heterocycles. The Kier molecular flexibility index (Phi) is 6.15. The number of esters is 2. The van der Waals surface area contributed by atoms with Crippen molar-refractivity contribution in [2.45, 2.75) is 13.8 Å². The van der Waals surface area contributed by atoms with Crippen molar-refractivity contribution in [1.29, 1.82) is 5.26 Å². The van der Waals surface area contributed by atoms with E-state index in [1.54, 1.807) is 43.5 Å². The van der Waals surface area contributed by atoms with Gasteiger partial charge in [-0.1, -0.05) is 0 Å². The summed E-state index contributed by atoms with van der Waals surface area (Å²) in [6.07, 6.45) is 1.74. The minimum Gasteiger partial charge on any atom is -0.490 e. The quantitative estimate of drug-likeness (QED) is 0.451. The van der Waals surface area contributed by atoms with Gasteiger partial charge in [0.15, 0.2) is 0 Å². The molecule has 0 amide bonds. The van der Waals surface area contributed by atoms with Gasteiger partial charge >= 0.3 is 11.9 Å². The van der Waals surface area contributed by atoms with Crippen LogP contribution in [-0.4, -0.2) is 36.3 Å². The highest BCUT2D eigenvalue weighted by atomic mass is 16.6. The maximum Gasteiger partial charge on any atom is 0.338 e. The second kappa shape index (κ2) is 8.93. The number of nitrogens with zero attached hydrogens (tertiary/aromatic N) is 2. The van der Waals surface area contributed by atoms with Crippen LogP contribution in [0.4, 0.5) is 0 Å². The highest BCUT2D eigenvalue weighted by molar-refractivity contribution is 5.91. The zero-order valence-electron chi connectivity index (χ0n) is 16.2. The molecule has 0 aliphatic heterocycles. The molecule has 0 unspecified atom stereocenters. The smallest absolute Gasteiger partial charge is 0.338 e. The van der Waals surface area contributed by atoms with Gasteiger partial charge in [0.1, 0.15) is 25.0 Å². The Morgan fingerprint density at radius 3 is 2.48 bits per heavy atom. The molecule has 2 aromatic carbocycles. The van der Waals surface area contributed by atoms with Gasteiger partial charge in [0.2, 0.25) is 0 Å². The van der Waals surface area contributed by atoms with E-state index in [0.717, 1.165) is 16.6 Å². The number of carbonyl (C=O) groups excluding carboxylic acids is 2. The van der Waals surface area contributed by atoms with Crippen LogP contribution in [-0.2, 0) is 14.3 Å². The van der Waals surface area contributed by atoms with Crippen LogP contribution in [0.3, 0.4) is 0 Å². The Labute approximate surface area is 168 Å². The van der Waals surface area contributed by atoms with Crippen molar-refractivity contribution in [2.75, 3.05) is 19.8 Å². The third-order valence-corrected chi connectivity index (χ3v) is 4.21. The van der Waals surface area contributed by atoms with Crippen LogP contribution >= 0.6 is 0 Å². The van der Waals surface area contributed by atoms with Crippen LogP contribution in [0, 0.1) is 11.3 Å². The first kappa shape index (κ1) is 20.0. The Bertz CT molecular complexity index is 1080. The number of benzene rings is 2. The first-order valence-electron chi connectivity index (χ1n) is 9.12. The molecule has 0 spiro atoms. The summed E-state index contributed by atoms with van der Waals surface area (Å²) in [6.45, 7) is 3.80. The Hall–Kier alpha value is -3.79. The standard InChI is InChI=1S/C22H20N2O5/c1-3-27-22(26)16-4-6-18(7-5-16)24-14-17(13-23)20-9-8-19(12-21(20)24)29-11-10-28-15(2)25/h4-9,12,14H,3,10-11H2,1-2H3. The molecule has 1 heterocycles. The summed E-state index contributed by atoms with van der Waals surface area (Å²) in [5, 5.41) is 10.2. The predicted molar refractivity (Wildman–Crippen MR) is 106 cm³/mol. The summed E-state index contributed by atoms with van der Waals surface area (Å²) < 4.78 is 17.4. The molecule has 148 valence electrons. The molecule has 3 aromatic rings. The van der Waals surface area contributed by atoms with Gasteiger partial charge in [0, 0.05) is 30.3 Å².